The fourth-order valence-corrected chi connectivity index (χ4v) is 5.98. The number of amides is 1. The number of benzene rings is 1. The van der Waals surface area contributed by atoms with Crippen LogP contribution in [-0.2, 0) is 11.2 Å². The highest BCUT2D eigenvalue weighted by Gasteiger charge is 2.46. The van der Waals surface area contributed by atoms with Gasteiger partial charge in [0.15, 0.2) is 0 Å². The van der Waals surface area contributed by atoms with Gasteiger partial charge in [0.05, 0.1) is 0 Å². The molecule has 4 atom stereocenters. The van der Waals surface area contributed by atoms with E-state index in [0.717, 1.165) is 37.9 Å². The zero-order chi connectivity index (χ0) is 18.4. The van der Waals surface area contributed by atoms with Crippen molar-refractivity contribution in [1.29, 1.82) is 0 Å². The van der Waals surface area contributed by atoms with Crippen LogP contribution >= 0.6 is 0 Å². The van der Waals surface area contributed by atoms with E-state index in [1.807, 2.05) is 0 Å². The van der Waals surface area contributed by atoms with E-state index >= 15 is 0 Å². The van der Waals surface area contributed by atoms with Crippen LogP contribution in [0.4, 0.5) is 0 Å². The predicted molar refractivity (Wildman–Crippen MR) is 109 cm³/mol. The van der Waals surface area contributed by atoms with E-state index < -0.39 is 0 Å². The third-order valence-electron chi connectivity index (χ3n) is 7.88. The lowest BCUT2D eigenvalue weighted by Crippen LogP contribution is -2.31. The van der Waals surface area contributed by atoms with Crippen LogP contribution in [0.15, 0.2) is 24.3 Å². The average molecular weight is 367 g/mol. The Labute approximate surface area is 164 Å². The minimum atomic E-state index is 0.375. The quantitative estimate of drug-likeness (QED) is 0.784. The zero-order valence-corrected chi connectivity index (χ0v) is 16.8. The van der Waals surface area contributed by atoms with Crippen LogP contribution in [-0.4, -0.2) is 47.9 Å². The Morgan fingerprint density at radius 1 is 1.04 bits per heavy atom. The Kier molecular flexibility index (Phi) is 4.75. The summed E-state index contributed by atoms with van der Waals surface area (Å²) in [6.07, 6.45) is 8.78. The van der Waals surface area contributed by atoms with Crippen LogP contribution in [0.2, 0.25) is 0 Å². The van der Waals surface area contributed by atoms with Gasteiger partial charge in [0, 0.05) is 31.6 Å². The molecule has 4 fully saturated rings. The smallest absolute Gasteiger partial charge is 0.225 e. The molecule has 2 saturated heterocycles. The maximum atomic E-state index is 12.5. The largest absolute Gasteiger partial charge is 0.342 e. The number of hydrogen-bond donors (Lipinski definition) is 0. The molecule has 1 aromatic carbocycles. The summed E-state index contributed by atoms with van der Waals surface area (Å²) in [6, 6.07) is 10.3. The molecule has 2 aliphatic carbocycles. The molecular formula is C24H34N2O. The Morgan fingerprint density at radius 2 is 1.85 bits per heavy atom. The number of likely N-dealkylation sites (tertiary alicyclic amines) is 2. The highest BCUT2D eigenvalue weighted by molar-refractivity contribution is 5.81. The van der Waals surface area contributed by atoms with Crippen molar-refractivity contribution < 1.29 is 4.79 Å². The minimum Gasteiger partial charge on any atom is -0.342 e. The Bertz CT molecular complexity index is 680. The summed E-state index contributed by atoms with van der Waals surface area (Å²) < 4.78 is 0. The first-order valence-corrected chi connectivity index (χ1v) is 11.3. The van der Waals surface area contributed by atoms with Crippen LogP contribution in [0.1, 0.15) is 62.5 Å². The van der Waals surface area contributed by atoms with E-state index in [1.165, 1.54) is 56.3 Å². The molecule has 0 unspecified atom stereocenters. The molecule has 2 aliphatic heterocycles. The number of fused-ring (bicyclic) bond motifs is 1. The van der Waals surface area contributed by atoms with Crippen LogP contribution in [0, 0.1) is 17.8 Å². The SMILES string of the molecule is C[C@@H]1CCCN1CCc1ccc([C@@H]2CC[C@@H]3CN(C(=O)C4CC4)C[C@@H]32)cc1. The summed E-state index contributed by atoms with van der Waals surface area (Å²) in [6.45, 7) is 6.89. The van der Waals surface area contributed by atoms with Crippen LogP contribution in [0.3, 0.4) is 0 Å². The maximum absolute atomic E-state index is 12.5. The Morgan fingerprint density at radius 3 is 2.56 bits per heavy atom. The molecule has 0 N–H and O–H groups in total. The normalized spacial score (nSPS) is 33.6. The van der Waals surface area contributed by atoms with Crippen molar-refractivity contribution in [3.63, 3.8) is 0 Å². The molecule has 1 amide bonds. The Hall–Kier alpha value is -1.35. The van der Waals surface area contributed by atoms with E-state index in [-0.39, 0.29) is 0 Å². The minimum absolute atomic E-state index is 0.375. The van der Waals surface area contributed by atoms with Gasteiger partial charge in [-0.15, -0.1) is 0 Å². The van der Waals surface area contributed by atoms with E-state index in [2.05, 4.69) is 41.0 Å². The number of nitrogens with zero attached hydrogens (tertiary/aromatic N) is 2. The van der Waals surface area contributed by atoms with Gasteiger partial charge in [-0.25, -0.2) is 0 Å². The molecule has 5 rings (SSSR count). The zero-order valence-electron chi connectivity index (χ0n) is 16.8. The fourth-order valence-electron chi connectivity index (χ4n) is 5.98. The van der Waals surface area contributed by atoms with Crippen molar-refractivity contribution in [2.75, 3.05) is 26.2 Å². The molecule has 3 heteroatoms. The molecule has 0 radical (unpaired) electrons. The van der Waals surface area contributed by atoms with E-state index in [9.17, 15) is 4.79 Å². The molecule has 0 bridgehead atoms. The number of carbonyl (C=O) groups excluding carboxylic acids is 1. The number of rotatable bonds is 5. The monoisotopic (exact) mass is 366 g/mol. The number of carbonyl (C=O) groups is 1. The molecule has 4 aliphatic rings. The second-order valence-corrected chi connectivity index (χ2v) is 9.64. The lowest BCUT2D eigenvalue weighted by Gasteiger charge is -2.22. The third kappa shape index (κ3) is 3.55. The fraction of sp³-hybridized carbons (Fsp3) is 0.708. The summed E-state index contributed by atoms with van der Waals surface area (Å²) >= 11 is 0. The summed E-state index contributed by atoms with van der Waals surface area (Å²) in [7, 11) is 0. The van der Waals surface area contributed by atoms with Crippen LogP contribution in [0.25, 0.3) is 0 Å². The summed E-state index contributed by atoms with van der Waals surface area (Å²) in [5, 5.41) is 0. The molecule has 1 aromatic rings. The van der Waals surface area contributed by atoms with Crippen LogP contribution < -0.4 is 0 Å². The topological polar surface area (TPSA) is 23.6 Å². The molecule has 0 spiro atoms. The van der Waals surface area contributed by atoms with Gasteiger partial charge >= 0.3 is 0 Å². The first-order valence-electron chi connectivity index (χ1n) is 11.3. The maximum Gasteiger partial charge on any atom is 0.225 e. The molecular weight excluding hydrogens is 332 g/mol. The highest BCUT2D eigenvalue weighted by atomic mass is 16.2. The molecule has 2 saturated carbocycles. The van der Waals surface area contributed by atoms with E-state index in [4.69, 9.17) is 0 Å². The van der Waals surface area contributed by atoms with Gasteiger partial charge in [-0.2, -0.15) is 0 Å². The van der Waals surface area contributed by atoms with E-state index in [1.54, 1.807) is 0 Å². The molecule has 2 heterocycles. The average Bonchev–Trinajstić information content (AvgIpc) is 3.13. The summed E-state index contributed by atoms with van der Waals surface area (Å²) in [5.41, 5.74) is 2.99. The highest BCUT2D eigenvalue weighted by Crippen LogP contribution is 2.48. The van der Waals surface area contributed by atoms with Crippen molar-refractivity contribution >= 4 is 5.91 Å². The second-order valence-electron chi connectivity index (χ2n) is 9.64. The number of hydrogen-bond acceptors (Lipinski definition) is 2. The first kappa shape index (κ1) is 17.7. The van der Waals surface area contributed by atoms with Gasteiger partial charge in [-0.05, 0) is 87.3 Å². The molecule has 3 nitrogen and oxygen atoms in total. The van der Waals surface area contributed by atoms with Gasteiger partial charge < -0.3 is 9.80 Å². The van der Waals surface area contributed by atoms with Gasteiger partial charge in [0.2, 0.25) is 5.91 Å². The van der Waals surface area contributed by atoms with Gasteiger partial charge in [0.25, 0.3) is 0 Å². The van der Waals surface area contributed by atoms with Gasteiger partial charge in [0.1, 0.15) is 0 Å². The van der Waals surface area contributed by atoms with Crippen molar-refractivity contribution in [3.8, 4) is 0 Å². The second kappa shape index (κ2) is 7.24. The van der Waals surface area contributed by atoms with Crippen molar-refractivity contribution in [1.82, 2.24) is 9.80 Å². The van der Waals surface area contributed by atoms with E-state index in [0.29, 0.717) is 23.7 Å². The summed E-state index contributed by atoms with van der Waals surface area (Å²) in [4.78, 5) is 17.3. The molecule has 146 valence electrons. The Balaban J connectivity index is 1.19. The van der Waals surface area contributed by atoms with Gasteiger partial charge in [-0.1, -0.05) is 24.3 Å². The molecule has 27 heavy (non-hydrogen) atoms. The standard InChI is InChI=1S/C24H34N2O/c1-17-3-2-13-25(17)14-12-18-4-6-19(7-5-18)22-11-10-21-15-26(16-23(21)22)24(27)20-8-9-20/h4-7,17,20-23H,2-3,8-16H2,1H3/t17-,21-,22+,23+/m1/s1. The summed E-state index contributed by atoms with van der Waals surface area (Å²) in [5.74, 6) is 2.94. The van der Waals surface area contributed by atoms with Gasteiger partial charge in [-0.3, -0.25) is 4.79 Å². The third-order valence-corrected chi connectivity index (χ3v) is 7.88. The predicted octanol–water partition coefficient (Wildman–Crippen LogP) is 4.08. The van der Waals surface area contributed by atoms with Crippen LogP contribution in [0.5, 0.6) is 0 Å². The molecule has 0 aromatic heterocycles. The van der Waals surface area contributed by atoms with Crippen molar-refractivity contribution in [3.05, 3.63) is 35.4 Å². The first-order chi connectivity index (χ1) is 13.2. The lowest BCUT2D eigenvalue weighted by molar-refractivity contribution is -0.131. The lowest BCUT2D eigenvalue weighted by atomic mass is 9.86. The van der Waals surface area contributed by atoms with Crippen molar-refractivity contribution in [2.45, 2.75) is 63.8 Å². The van der Waals surface area contributed by atoms with Crippen molar-refractivity contribution in [2.24, 2.45) is 17.8 Å².